The van der Waals surface area contributed by atoms with E-state index < -0.39 is 0 Å². The number of allylic oxidation sites excluding steroid dienone is 1. The highest BCUT2D eigenvalue weighted by Gasteiger charge is 2.22. The van der Waals surface area contributed by atoms with E-state index in [2.05, 4.69) is 46.7 Å². The molecule has 1 unspecified atom stereocenters. The zero-order valence-electron chi connectivity index (χ0n) is 12.6. The molecule has 2 aliphatic heterocycles. The molecule has 0 bridgehead atoms. The molecule has 19 heavy (non-hydrogen) atoms. The van der Waals surface area contributed by atoms with Crippen molar-refractivity contribution >= 4 is 0 Å². The van der Waals surface area contributed by atoms with Gasteiger partial charge in [-0.3, -0.25) is 4.90 Å². The standard InChI is InChI=1S/C15H28N4/c1-16-12-18(2)10-5-4-6-14-8-7-13-9-11-19(3)15(13)17-14/h7-8,14,16-17H,4-6,9-12H2,1-3H3. The fourth-order valence-corrected chi connectivity index (χ4v) is 2.85. The number of dihydropyridines is 1. The lowest BCUT2D eigenvalue weighted by atomic mass is 10.0. The number of hydrogen-bond donors (Lipinski definition) is 2. The van der Waals surface area contributed by atoms with Crippen LogP contribution in [0.25, 0.3) is 0 Å². The molecule has 2 N–H and O–H groups in total. The largest absolute Gasteiger partial charge is 0.365 e. The molecule has 0 spiro atoms. The van der Waals surface area contributed by atoms with Gasteiger partial charge < -0.3 is 15.5 Å². The summed E-state index contributed by atoms with van der Waals surface area (Å²) in [6.07, 6.45) is 9.64. The molecule has 2 rings (SSSR count). The molecule has 108 valence electrons. The number of rotatable bonds is 7. The Morgan fingerprint density at radius 2 is 2.32 bits per heavy atom. The van der Waals surface area contributed by atoms with Crippen LogP contribution in [0.2, 0.25) is 0 Å². The molecular formula is C15H28N4. The number of nitrogens with zero attached hydrogens (tertiary/aromatic N) is 2. The van der Waals surface area contributed by atoms with Gasteiger partial charge in [-0.2, -0.15) is 0 Å². The van der Waals surface area contributed by atoms with Crippen LogP contribution >= 0.6 is 0 Å². The molecule has 0 aromatic carbocycles. The van der Waals surface area contributed by atoms with E-state index >= 15 is 0 Å². The second-order valence-corrected chi connectivity index (χ2v) is 5.74. The fraction of sp³-hybridized carbons (Fsp3) is 0.733. The molecule has 0 aromatic rings. The molecule has 4 nitrogen and oxygen atoms in total. The van der Waals surface area contributed by atoms with Crippen LogP contribution in [0.5, 0.6) is 0 Å². The Hall–Kier alpha value is -1.00. The number of unbranched alkanes of at least 4 members (excludes halogenated alkanes) is 1. The molecule has 2 heterocycles. The summed E-state index contributed by atoms with van der Waals surface area (Å²) in [5.41, 5.74) is 1.48. The van der Waals surface area contributed by atoms with Crippen molar-refractivity contribution in [3.63, 3.8) is 0 Å². The van der Waals surface area contributed by atoms with Crippen molar-refractivity contribution in [2.75, 3.05) is 40.9 Å². The van der Waals surface area contributed by atoms with E-state index in [0.717, 1.165) is 13.2 Å². The van der Waals surface area contributed by atoms with Gasteiger partial charge in [-0.25, -0.2) is 0 Å². The summed E-state index contributed by atoms with van der Waals surface area (Å²) in [6, 6.07) is 0.522. The molecule has 0 aromatic heterocycles. The van der Waals surface area contributed by atoms with E-state index in [0.29, 0.717) is 6.04 Å². The van der Waals surface area contributed by atoms with E-state index in [1.807, 2.05) is 7.05 Å². The van der Waals surface area contributed by atoms with Crippen molar-refractivity contribution in [2.45, 2.75) is 31.7 Å². The van der Waals surface area contributed by atoms with Crippen LogP contribution in [0.1, 0.15) is 25.7 Å². The molecule has 0 saturated heterocycles. The molecule has 4 heteroatoms. The summed E-state index contributed by atoms with van der Waals surface area (Å²) in [6.45, 7) is 3.30. The van der Waals surface area contributed by atoms with E-state index in [-0.39, 0.29) is 0 Å². The van der Waals surface area contributed by atoms with Crippen molar-refractivity contribution < 1.29 is 0 Å². The van der Waals surface area contributed by atoms with Gasteiger partial charge in [0.25, 0.3) is 0 Å². The summed E-state index contributed by atoms with van der Waals surface area (Å²) in [4.78, 5) is 4.67. The number of hydrogen-bond acceptors (Lipinski definition) is 4. The molecular weight excluding hydrogens is 236 g/mol. The highest BCUT2D eigenvalue weighted by Crippen LogP contribution is 2.25. The van der Waals surface area contributed by atoms with Crippen molar-refractivity contribution in [3.05, 3.63) is 23.5 Å². The number of nitrogens with one attached hydrogen (secondary N) is 2. The zero-order chi connectivity index (χ0) is 13.7. The van der Waals surface area contributed by atoms with Crippen molar-refractivity contribution in [3.8, 4) is 0 Å². The molecule has 1 atom stereocenters. The van der Waals surface area contributed by atoms with Gasteiger partial charge in [0.15, 0.2) is 0 Å². The Kier molecular flexibility index (Phi) is 5.28. The second-order valence-electron chi connectivity index (χ2n) is 5.74. The Bertz CT molecular complexity index is 348. The summed E-state index contributed by atoms with van der Waals surface area (Å²) in [7, 11) is 6.34. The van der Waals surface area contributed by atoms with Crippen LogP contribution in [0, 0.1) is 0 Å². The molecule has 0 amide bonds. The monoisotopic (exact) mass is 264 g/mol. The zero-order valence-corrected chi connectivity index (χ0v) is 12.6. The normalized spacial score (nSPS) is 22.1. The minimum Gasteiger partial charge on any atom is -0.365 e. The highest BCUT2D eigenvalue weighted by atomic mass is 15.2. The van der Waals surface area contributed by atoms with Gasteiger partial charge in [0.2, 0.25) is 0 Å². The third kappa shape index (κ3) is 3.98. The molecule has 2 aliphatic rings. The van der Waals surface area contributed by atoms with Gasteiger partial charge in [0, 0.05) is 26.3 Å². The van der Waals surface area contributed by atoms with E-state index in [1.54, 1.807) is 0 Å². The van der Waals surface area contributed by atoms with Crippen LogP contribution in [-0.4, -0.2) is 56.7 Å². The summed E-state index contributed by atoms with van der Waals surface area (Å²) in [5.74, 6) is 1.36. The van der Waals surface area contributed by atoms with Crippen LogP contribution in [0.3, 0.4) is 0 Å². The van der Waals surface area contributed by atoms with Gasteiger partial charge >= 0.3 is 0 Å². The molecule has 0 aliphatic carbocycles. The quantitative estimate of drug-likeness (QED) is 0.537. The maximum Gasteiger partial charge on any atom is 0.105 e. The summed E-state index contributed by atoms with van der Waals surface area (Å²) < 4.78 is 0. The van der Waals surface area contributed by atoms with E-state index in [9.17, 15) is 0 Å². The first-order valence-corrected chi connectivity index (χ1v) is 7.43. The van der Waals surface area contributed by atoms with E-state index in [1.165, 1.54) is 43.6 Å². The van der Waals surface area contributed by atoms with Gasteiger partial charge in [-0.05, 0) is 51.9 Å². The van der Waals surface area contributed by atoms with Crippen LogP contribution in [0.15, 0.2) is 23.5 Å². The predicted octanol–water partition coefficient (Wildman–Crippen LogP) is 1.34. The minimum atomic E-state index is 0.522. The van der Waals surface area contributed by atoms with Gasteiger partial charge in [0.1, 0.15) is 5.82 Å². The average Bonchev–Trinajstić information content (AvgIpc) is 2.77. The highest BCUT2D eigenvalue weighted by molar-refractivity contribution is 5.33. The van der Waals surface area contributed by atoms with Crippen molar-refractivity contribution in [1.29, 1.82) is 0 Å². The lowest BCUT2D eigenvalue weighted by Gasteiger charge is -2.26. The van der Waals surface area contributed by atoms with Gasteiger partial charge in [-0.15, -0.1) is 0 Å². The van der Waals surface area contributed by atoms with Crippen molar-refractivity contribution in [1.82, 2.24) is 20.4 Å². The van der Waals surface area contributed by atoms with Gasteiger partial charge in [-0.1, -0.05) is 12.2 Å². The summed E-state index contributed by atoms with van der Waals surface area (Å²) >= 11 is 0. The predicted molar refractivity (Wildman–Crippen MR) is 80.7 cm³/mol. The molecule has 0 fully saturated rings. The Balaban J connectivity index is 1.65. The van der Waals surface area contributed by atoms with Crippen LogP contribution in [-0.2, 0) is 0 Å². The maximum absolute atomic E-state index is 3.67. The average molecular weight is 264 g/mol. The smallest absolute Gasteiger partial charge is 0.105 e. The SMILES string of the molecule is CNCN(C)CCCCC1C=CC2=C(N1)N(C)CC2. The summed E-state index contributed by atoms with van der Waals surface area (Å²) in [5, 5.41) is 6.85. The Morgan fingerprint density at radius 1 is 1.47 bits per heavy atom. The fourth-order valence-electron chi connectivity index (χ4n) is 2.85. The third-order valence-electron chi connectivity index (χ3n) is 3.99. The van der Waals surface area contributed by atoms with Crippen molar-refractivity contribution in [2.24, 2.45) is 0 Å². The molecule has 0 saturated carbocycles. The van der Waals surface area contributed by atoms with E-state index in [4.69, 9.17) is 0 Å². The first-order valence-electron chi connectivity index (χ1n) is 7.43. The second kappa shape index (κ2) is 6.96. The topological polar surface area (TPSA) is 30.5 Å². The minimum absolute atomic E-state index is 0.522. The lowest BCUT2D eigenvalue weighted by Crippen LogP contribution is -2.35. The first-order chi connectivity index (χ1) is 9.20. The lowest BCUT2D eigenvalue weighted by molar-refractivity contribution is 0.306. The Morgan fingerprint density at radius 3 is 3.11 bits per heavy atom. The third-order valence-corrected chi connectivity index (χ3v) is 3.99. The van der Waals surface area contributed by atoms with Crippen LogP contribution < -0.4 is 10.6 Å². The van der Waals surface area contributed by atoms with Crippen LogP contribution in [0.4, 0.5) is 0 Å². The van der Waals surface area contributed by atoms with Gasteiger partial charge in [0.05, 0.1) is 0 Å². The Labute approximate surface area is 117 Å². The maximum atomic E-state index is 3.67. The first kappa shape index (κ1) is 14.4. The molecule has 0 radical (unpaired) electrons.